The lowest BCUT2D eigenvalue weighted by Crippen LogP contribution is -2.37. The van der Waals surface area contributed by atoms with Gasteiger partial charge in [0.25, 0.3) is 0 Å². The van der Waals surface area contributed by atoms with Gasteiger partial charge in [-0.3, -0.25) is 9.59 Å². The van der Waals surface area contributed by atoms with Crippen LogP contribution in [0, 0.1) is 0 Å². The van der Waals surface area contributed by atoms with Crippen molar-refractivity contribution in [1.82, 2.24) is 4.90 Å². The third-order valence-corrected chi connectivity index (χ3v) is 4.15. The Morgan fingerprint density at radius 2 is 2.00 bits per heavy atom. The zero-order chi connectivity index (χ0) is 16.5. The second kappa shape index (κ2) is 9.30. The van der Waals surface area contributed by atoms with E-state index in [-0.39, 0.29) is 18.6 Å². The van der Waals surface area contributed by atoms with Gasteiger partial charge in [0.1, 0.15) is 6.54 Å². The fraction of sp³-hybridized carbons (Fsp3) is 0.556. The molecule has 1 aliphatic rings. The number of nitrogens with zero attached hydrogens (tertiary/aromatic N) is 1. The molecule has 5 nitrogen and oxygen atoms in total. The molecule has 23 heavy (non-hydrogen) atoms. The predicted molar refractivity (Wildman–Crippen MR) is 87.2 cm³/mol. The summed E-state index contributed by atoms with van der Waals surface area (Å²) in [5.74, 6) is -1.07. The minimum Gasteiger partial charge on any atom is -0.480 e. The number of rotatable bonds is 8. The van der Waals surface area contributed by atoms with Gasteiger partial charge in [-0.2, -0.15) is 0 Å². The molecule has 1 aliphatic heterocycles. The summed E-state index contributed by atoms with van der Waals surface area (Å²) < 4.78 is 5.63. The molecule has 0 radical (unpaired) electrons. The number of carboxylic acid groups (broad SMARTS) is 1. The molecule has 5 heteroatoms. The molecule has 126 valence electrons. The summed E-state index contributed by atoms with van der Waals surface area (Å²) in [5, 5.41) is 9.03. The van der Waals surface area contributed by atoms with Crippen LogP contribution in [0.25, 0.3) is 0 Å². The van der Waals surface area contributed by atoms with Gasteiger partial charge in [0.05, 0.1) is 6.10 Å². The molecule has 1 heterocycles. The second-order valence-corrected chi connectivity index (χ2v) is 5.97. The van der Waals surface area contributed by atoms with Gasteiger partial charge in [0.15, 0.2) is 0 Å². The highest BCUT2D eigenvalue weighted by atomic mass is 16.5. The van der Waals surface area contributed by atoms with Gasteiger partial charge in [-0.1, -0.05) is 30.3 Å². The normalized spacial score (nSPS) is 17.7. The first kappa shape index (κ1) is 17.5. The summed E-state index contributed by atoms with van der Waals surface area (Å²) in [5.41, 5.74) is 1.10. The van der Waals surface area contributed by atoms with Crippen molar-refractivity contribution in [3.05, 3.63) is 35.9 Å². The number of aliphatic carboxylic acids is 1. The van der Waals surface area contributed by atoms with Crippen molar-refractivity contribution in [3.8, 4) is 0 Å². The first-order valence-electron chi connectivity index (χ1n) is 8.30. The molecular formula is C18H25NO4. The molecule has 0 aromatic heterocycles. The summed E-state index contributed by atoms with van der Waals surface area (Å²) in [6.07, 6.45) is 5.08. The number of carboxylic acids is 1. The van der Waals surface area contributed by atoms with E-state index >= 15 is 0 Å². The van der Waals surface area contributed by atoms with Crippen LogP contribution in [0.4, 0.5) is 0 Å². The van der Waals surface area contributed by atoms with Crippen LogP contribution < -0.4 is 0 Å². The Morgan fingerprint density at radius 3 is 2.65 bits per heavy atom. The summed E-state index contributed by atoms with van der Waals surface area (Å²) in [7, 11) is 0. The zero-order valence-electron chi connectivity index (χ0n) is 13.4. The number of benzene rings is 1. The lowest BCUT2D eigenvalue weighted by atomic mass is 10.0. The van der Waals surface area contributed by atoms with Crippen LogP contribution in [0.5, 0.6) is 0 Å². The molecule has 0 aliphatic carbocycles. The van der Waals surface area contributed by atoms with E-state index in [1.807, 2.05) is 30.3 Å². The summed E-state index contributed by atoms with van der Waals surface area (Å²) in [6, 6.07) is 9.80. The van der Waals surface area contributed by atoms with E-state index in [4.69, 9.17) is 9.84 Å². The fourth-order valence-corrected chi connectivity index (χ4v) is 2.84. The number of hydrogen-bond donors (Lipinski definition) is 1. The lowest BCUT2D eigenvalue weighted by Gasteiger charge is -2.25. The zero-order valence-corrected chi connectivity index (χ0v) is 13.4. The van der Waals surface area contributed by atoms with Gasteiger partial charge in [0, 0.05) is 19.6 Å². The molecule has 1 aromatic rings. The van der Waals surface area contributed by atoms with Gasteiger partial charge in [-0.25, -0.2) is 0 Å². The van der Waals surface area contributed by atoms with Crippen LogP contribution in [0.3, 0.4) is 0 Å². The monoisotopic (exact) mass is 319 g/mol. The third-order valence-electron chi connectivity index (χ3n) is 4.15. The molecule has 0 saturated carbocycles. The Labute approximate surface area is 137 Å². The van der Waals surface area contributed by atoms with Crippen molar-refractivity contribution < 1.29 is 19.4 Å². The quantitative estimate of drug-likeness (QED) is 0.799. The van der Waals surface area contributed by atoms with Gasteiger partial charge in [-0.15, -0.1) is 0 Å². The molecule has 1 amide bonds. The summed E-state index contributed by atoms with van der Waals surface area (Å²) in [6.45, 7) is 0.962. The van der Waals surface area contributed by atoms with Crippen molar-refractivity contribution in [1.29, 1.82) is 0 Å². The Hall–Kier alpha value is -1.88. The Kier molecular flexibility index (Phi) is 7.07. The highest BCUT2D eigenvalue weighted by Crippen LogP contribution is 2.17. The lowest BCUT2D eigenvalue weighted by molar-refractivity contribution is -0.144. The molecule has 2 rings (SSSR count). The van der Waals surface area contributed by atoms with Crippen molar-refractivity contribution in [2.24, 2.45) is 0 Å². The van der Waals surface area contributed by atoms with Crippen LogP contribution in [-0.2, 0) is 20.7 Å². The highest BCUT2D eigenvalue weighted by Gasteiger charge is 2.20. The Morgan fingerprint density at radius 1 is 1.22 bits per heavy atom. The van der Waals surface area contributed by atoms with Crippen LogP contribution >= 0.6 is 0 Å². The molecule has 1 fully saturated rings. The number of carbonyl (C=O) groups is 2. The average molecular weight is 319 g/mol. The van der Waals surface area contributed by atoms with Crippen molar-refractivity contribution in [3.63, 3.8) is 0 Å². The van der Waals surface area contributed by atoms with E-state index < -0.39 is 5.97 Å². The minimum absolute atomic E-state index is 0.0995. The molecule has 1 N–H and O–H groups in total. The standard InChI is InChI=1S/C18H25NO4/c20-17(10-9-16-8-4-5-13-23-16)19(14-18(21)22)12-11-15-6-2-1-3-7-15/h1-3,6-7,16H,4-5,8-14H2,(H,21,22). The van der Waals surface area contributed by atoms with Gasteiger partial charge < -0.3 is 14.7 Å². The predicted octanol–water partition coefficient (Wildman–Crippen LogP) is 2.49. The first-order chi connectivity index (χ1) is 11.1. The van der Waals surface area contributed by atoms with Crippen molar-refractivity contribution >= 4 is 11.9 Å². The molecule has 0 bridgehead atoms. The topological polar surface area (TPSA) is 66.8 Å². The maximum atomic E-state index is 12.3. The van der Waals surface area contributed by atoms with E-state index in [0.29, 0.717) is 25.8 Å². The van der Waals surface area contributed by atoms with Crippen molar-refractivity contribution in [2.45, 2.75) is 44.6 Å². The molecular weight excluding hydrogens is 294 g/mol. The van der Waals surface area contributed by atoms with Crippen molar-refractivity contribution in [2.75, 3.05) is 19.7 Å². The van der Waals surface area contributed by atoms with E-state index in [9.17, 15) is 9.59 Å². The fourth-order valence-electron chi connectivity index (χ4n) is 2.84. The maximum Gasteiger partial charge on any atom is 0.323 e. The van der Waals surface area contributed by atoms with Gasteiger partial charge in [0.2, 0.25) is 5.91 Å². The first-order valence-corrected chi connectivity index (χ1v) is 8.30. The third kappa shape index (κ3) is 6.40. The number of ether oxygens (including phenoxy) is 1. The number of amides is 1. The number of hydrogen-bond acceptors (Lipinski definition) is 3. The second-order valence-electron chi connectivity index (χ2n) is 5.97. The van der Waals surface area contributed by atoms with E-state index in [2.05, 4.69) is 0 Å². The van der Waals surface area contributed by atoms with Crippen LogP contribution in [0.2, 0.25) is 0 Å². The summed E-state index contributed by atoms with van der Waals surface area (Å²) in [4.78, 5) is 24.8. The van der Waals surface area contributed by atoms with Crippen LogP contribution in [0.15, 0.2) is 30.3 Å². The van der Waals surface area contributed by atoms with Crippen LogP contribution in [-0.4, -0.2) is 47.7 Å². The molecule has 1 atom stereocenters. The Balaban J connectivity index is 1.83. The maximum absolute atomic E-state index is 12.3. The SMILES string of the molecule is O=C(O)CN(CCc1ccccc1)C(=O)CCC1CCCCO1. The average Bonchev–Trinajstić information content (AvgIpc) is 2.58. The smallest absolute Gasteiger partial charge is 0.323 e. The largest absolute Gasteiger partial charge is 0.480 e. The Bertz CT molecular complexity index is 497. The summed E-state index contributed by atoms with van der Waals surface area (Å²) >= 11 is 0. The molecule has 1 unspecified atom stereocenters. The van der Waals surface area contributed by atoms with Gasteiger partial charge >= 0.3 is 5.97 Å². The highest BCUT2D eigenvalue weighted by molar-refractivity contribution is 5.81. The number of carbonyl (C=O) groups excluding carboxylic acids is 1. The van der Waals surface area contributed by atoms with E-state index in [0.717, 1.165) is 31.4 Å². The molecule has 0 spiro atoms. The molecule has 1 saturated heterocycles. The van der Waals surface area contributed by atoms with E-state index in [1.165, 1.54) is 4.90 Å². The minimum atomic E-state index is -0.972. The van der Waals surface area contributed by atoms with Crippen LogP contribution in [0.1, 0.15) is 37.7 Å². The van der Waals surface area contributed by atoms with E-state index in [1.54, 1.807) is 0 Å². The molecule has 1 aromatic carbocycles. The van der Waals surface area contributed by atoms with Gasteiger partial charge in [-0.05, 0) is 37.7 Å².